The molecule has 10 nitrogen and oxygen atoms in total. The van der Waals surface area contributed by atoms with E-state index in [1.54, 1.807) is 36.5 Å². The number of furan rings is 1. The minimum absolute atomic E-state index is 0.0268. The van der Waals surface area contributed by atoms with Crippen LogP contribution in [0, 0.1) is 5.41 Å². The molecule has 5 aromatic rings. The number of aromatic nitrogens is 3. The molecule has 5 aromatic heterocycles. The maximum Gasteiger partial charge on any atom is 0.341 e. The normalized spacial score (nSPS) is 13.0. The smallest absolute Gasteiger partial charge is 0.341 e. The van der Waals surface area contributed by atoms with E-state index >= 15 is 0 Å². The van der Waals surface area contributed by atoms with Crippen LogP contribution in [-0.2, 0) is 24.1 Å². The van der Waals surface area contributed by atoms with E-state index in [1.165, 1.54) is 39.7 Å². The van der Waals surface area contributed by atoms with Gasteiger partial charge in [-0.2, -0.15) is 0 Å². The van der Waals surface area contributed by atoms with Crippen molar-refractivity contribution in [1.29, 1.82) is 5.41 Å². The van der Waals surface area contributed by atoms with Crippen molar-refractivity contribution in [3.63, 3.8) is 0 Å². The van der Waals surface area contributed by atoms with Gasteiger partial charge in [-0.05, 0) is 61.6 Å². The molecule has 0 saturated carbocycles. The molecular formula is C27H23N5O5S. The first-order chi connectivity index (χ1) is 18.5. The summed E-state index contributed by atoms with van der Waals surface area (Å²) in [5, 5.41) is 12.3. The van der Waals surface area contributed by atoms with Crippen molar-refractivity contribution in [2.24, 2.45) is 0 Å². The summed E-state index contributed by atoms with van der Waals surface area (Å²) >= 11 is 1.36. The number of fused-ring (bicyclic) bond motifs is 3. The molecule has 0 aliphatic heterocycles. The molecule has 0 bridgehead atoms. The number of pyridine rings is 2. The molecule has 0 atom stereocenters. The highest BCUT2D eigenvalue weighted by molar-refractivity contribution is 7.17. The first-order valence-electron chi connectivity index (χ1n) is 12.1. The molecule has 0 fully saturated rings. The van der Waals surface area contributed by atoms with E-state index < -0.39 is 11.9 Å². The predicted molar refractivity (Wildman–Crippen MR) is 141 cm³/mol. The number of esters is 1. The predicted octanol–water partition coefficient (Wildman–Crippen LogP) is 3.75. The number of hydrogen-bond acceptors (Lipinski definition) is 8. The van der Waals surface area contributed by atoms with Crippen LogP contribution < -0.4 is 16.4 Å². The molecule has 0 radical (unpaired) electrons. The summed E-state index contributed by atoms with van der Waals surface area (Å²) in [7, 11) is 1.31. The number of carbonyl (C=O) groups excluding carboxylic acids is 2. The van der Waals surface area contributed by atoms with E-state index in [-0.39, 0.29) is 34.2 Å². The van der Waals surface area contributed by atoms with Gasteiger partial charge in [0.05, 0.1) is 36.4 Å². The van der Waals surface area contributed by atoms with Gasteiger partial charge >= 0.3 is 5.97 Å². The number of rotatable bonds is 5. The van der Waals surface area contributed by atoms with Crippen molar-refractivity contribution in [2.45, 2.75) is 32.2 Å². The molecule has 1 amide bonds. The Bertz CT molecular complexity index is 1850. The Kier molecular flexibility index (Phi) is 5.91. The van der Waals surface area contributed by atoms with Gasteiger partial charge in [-0.15, -0.1) is 11.3 Å². The number of carbonyl (C=O) groups is 2. The molecular weight excluding hydrogens is 506 g/mol. The van der Waals surface area contributed by atoms with Gasteiger partial charge in [-0.25, -0.2) is 9.78 Å². The van der Waals surface area contributed by atoms with Crippen LogP contribution in [-0.4, -0.2) is 32.9 Å². The molecule has 2 N–H and O–H groups in total. The largest absolute Gasteiger partial charge is 0.467 e. The zero-order valence-corrected chi connectivity index (χ0v) is 21.3. The lowest BCUT2D eigenvalue weighted by Gasteiger charge is -2.14. The van der Waals surface area contributed by atoms with Gasteiger partial charge in [0.1, 0.15) is 27.5 Å². The average molecular weight is 530 g/mol. The molecule has 38 heavy (non-hydrogen) atoms. The van der Waals surface area contributed by atoms with Crippen LogP contribution in [0.1, 0.15) is 49.8 Å². The fourth-order valence-corrected chi connectivity index (χ4v) is 6.19. The van der Waals surface area contributed by atoms with Crippen molar-refractivity contribution < 1.29 is 18.7 Å². The monoisotopic (exact) mass is 529 g/mol. The molecule has 1 aliphatic rings. The topological polar surface area (TPSA) is 132 Å². The van der Waals surface area contributed by atoms with Gasteiger partial charge in [0.25, 0.3) is 11.5 Å². The van der Waals surface area contributed by atoms with Crippen molar-refractivity contribution in [3.05, 3.63) is 92.0 Å². The van der Waals surface area contributed by atoms with E-state index in [1.807, 2.05) is 0 Å². The van der Waals surface area contributed by atoms with Crippen LogP contribution >= 0.6 is 11.3 Å². The molecule has 192 valence electrons. The maximum atomic E-state index is 13.6. The van der Waals surface area contributed by atoms with Crippen LogP contribution in [0.4, 0.5) is 5.00 Å². The van der Waals surface area contributed by atoms with E-state index in [4.69, 9.17) is 14.6 Å². The fourth-order valence-electron chi connectivity index (χ4n) is 4.91. The quantitative estimate of drug-likeness (QED) is 0.263. The number of nitrogens with zero attached hydrogens (tertiary/aromatic N) is 3. The lowest BCUT2D eigenvalue weighted by molar-refractivity contribution is 0.0601. The van der Waals surface area contributed by atoms with Gasteiger partial charge in [0, 0.05) is 11.1 Å². The van der Waals surface area contributed by atoms with Crippen LogP contribution in [0.5, 0.6) is 0 Å². The molecule has 5 heterocycles. The number of aryl methyl sites for hydroxylation is 1. The van der Waals surface area contributed by atoms with Gasteiger partial charge < -0.3 is 19.0 Å². The highest BCUT2D eigenvalue weighted by Crippen LogP contribution is 2.38. The molecule has 1 aliphatic carbocycles. The second-order valence-electron chi connectivity index (χ2n) is 9.02. The lowest BCUT2D eigenvalue weighted by atomic mass is 9.95. The zero-order valence-electron chi connectivity index (χ0n) is 20.4. The van der Waals surface area contributed by atoms with Gasteiger partial charge in [-0.3, -0.25) is 19.4 Å². The standard InChI is InChI=1S/C27H23N5O5S/c1-36-27(35)21-16-8-2-3-9-19(16)38-25(21)30-24(33)17-13-18-23(29-20-10-4-5-11-31(20)26(18)34)32(22(17)28)14-15-7-6-12-37-15/h4-7,10-13,28H,2-3,8-9,14H2,1H3,(H,30,33). The number of methoxy groups -OCH3 is 1. The zero-order chi connectivity index (χ0) is 26.4. The van der Waals surface area contributed by atoms with E-state index in [0.29, 0.717) is 22.0 Å². The summed E-state index contributed by atoms with van der Waals surface area (Å²) < 4.78 is 13.4. The molecule has 6 rings (SSSR count). The molecule has 11 heteroatoms. The Morgan fingerprint density at radius 2 is 2.05 bits per heavy atom. The number of ether oxygens (including phenoxy) is 1. The number of anilines is 1. The number of thiophene rings is 1. The Morgan fingerprint density at radius 3 is 2.84 bits per heavy atom. The maximum absolute atomic E-state index is 13.6. The van der Waals surface area contributed by atoms with Crippen LogP contribution in [0.15, 0.2) is 58.1 Å². The molecule has 0 saturated heterocycles. The van der Waals surface area contributed by atoms with Crippen LogP contribution in [0.25, 0.3) is 16.7 Å². The van der Waals surface area contributed by atoms with Crippen molar-refractivity contribution in [3.8, 4) is 0 Å². The van der Waals surface area contributed by atoms with Crippen LogP contribution in [0.2, 0.25) is 0 Å². The van der Waals surface area contributed by atoms with E-state index in [0.717, 1.165) is 36.1 Å². The first-order valence-corrected chi connectivity index (χ1v) is 12.9. The lowest BCUT2D eigenvalue weighted by Crippen LogP contribution is -2.32. The highest BCUT2D eigenvalue weighted by atomic mass is 32.1. The van der Waals surface area contributed by atoms with Gasteiger partial charge in [0.2, 0.25) is 0 Å². The van der Waals surface area contributed by atoms with Gasteiger partial charge in [0.15, 0.2) is 0 Å². The molecule has 0 aromatic carbocycles. The molecule has 0 unspecified atom stereocenters. The van der Waals surface area contributed by atoms with E-state index in [2.05, 4.69) is 10.3 Å². The summed E-state index contributed by atoms with van der Waals surface area (Å²) in [6, 6.07) is 10.1. The second kappa shape index (κ2) is 9.42. The Morgan fingerprint density at radius 1 is 1.21 bits per heavy atom. The third-order valence-electron chi connectivity index (χ3n) is 6.74. The Labute approximate surface area is 219 Å². The fraction of sp³-hybridized carbons (Fsp3) is 0.222. The third-order valence-corrected chi connectivity index (χ3v) is 7.95. The minimum Gasteiger partial charge on any atom is -0.467 e. The van der Waals surface area contributed by atoms with Crippen LogP contribution in [0.3, 0.4) is 0 Å². The summed E-state index contributed by atoms with van der Waals surface area (Å²) in [5.74, 6) is -0.575. The van der Waals surface area contributed by atoms with E-state index in [9.17, 15) is 14.4 Å². The van der Waals surface area contributed by atoms with Crippen molar-refractivity contribution in [2.75, 3.05) is 12.4 Å². The Balaban J connectivity index is 1.52. The summed E-state index contributed by atoms with van der Waals surface area (Å²) in [6.07, 6.45) is 6.67. The Hall–Kier alpha value is -4.51. The van der Waals surface area contributed by atoms with Crippen molar-refractivity contribution in [1.82, 2.24) is 14.0 Å². The number of amides is 1. The number of nitrogens with one attached hydrogen (secondary N) is 2. The van der Waals surface area contributed by atoms with Gasteiger partial charge in [-0.1, -0.05) is 6.07 Å². The summed E-state index contributed by atoms with van der Waals surface area (Å²) in [6.45, 7) is 0.0968. The SMILES string of the molecule is COC(=O)c1c(NC(=O)c2cc3c(=O)n4ccccc4nc3n(Cc3ccco3)c2=N)sc2c1CCCC2. The summed E-state index contributed by atoms with van der Waals surface area (Å²) in [4.78, 5) is 45.4. The first kappa shape index (κ1) is 23.9. The second-order valence-corrected chi connectivity index (χ2v) is 10.1. The number of hydrogen-bond donors (Lipinski definition) is 2. The van der Waals surface area contributed by atoms with Crippen molar-refractivity contribution >= 4 is 44.9 Å². The average Bonchev–Trinajstić information content (AvgIpc) is 3.57. The summed E-state index contributed by atoms with van der Waals surface area (Å²) in [5.41, 5.74) is 1.43. The molecule has 0 spiro atoms. The highest BCUT2D eigenvalue weighted by Gasteiger charge is 2.28. The third kappa shape index (κ3) is 3.91. The minimum atomic E-state index is -0.605.